The van der Waals surface area contributed by atoms with Gasteiger partial charge in [-0.25, -0.2) is 4.79 Å². The Morgan fingerprint density at radius 1 is 1.18 bits per heavy atom. The highest BCUT2D eigenvalue weighted by atomic mass is 16.6. The van der Waals surface area contributed by atoms with Crippen molar-refractivity contribution in [3.8, 4) is 0 Å². The molecule has 0 saturated carbocycles. The molecule has 0 N–H and O–H groups in total. The van der Waals surface area contributed by atoms with E-state index in [1.165, 1.54) is 11.1 Å². The Balaban J connectivity index is 2.15. The van der Waals surface area contributed by atoms with Crippen LogP contribution in [0.25, 0.3) is 0 Å². The van der Waals surface area contributed by atoms with Crippen LogP contribution in [0.3, 0.4) is 0 Å². The smallest absolute Gasteiger partial charge is 0.410 e. The van der Waals surface area contributed by atoms with Crippen molar-refractivity contribution in [3.63, 3.8) is 0 Å². The molecular weight excluding hydrogens is 346 g/mol. The maximum Gasteiger partial charge on any atom is 0.410 e. The Morgan fingerprint density at radius 3 is 2.46 bits per heavy atom. The van der Waals surface area contributed by atoms with Gasteiger partial charge in [-0.3, -0.25) is 0 Å². The zero-order valence-corrected chi connectivity index (χ0v) is 18.5. The minimum absolute atomic E-state index is 0.0695. The zero-order chi connectivity index (χ0) is 20.8. The van der Waals surface area contributed by atoms with Crippen LogP contribution in [0.4, 0.5) is 4.79 Å². The van der Waals surface area contributed by atoms with Crippen LogP contribution in [-0.2, 0) is 11.2 Å². The second-order valence-corrected chi connectivity index (χ2v) is 9.85. The van der Waals surface area contributed by atoms with E-state index in [1.807, 2.05) is 25.7 Å². The summed E-state index contributed by atoms with van der Waals surface area (Å²) in [5, 5.41) is 0. The van der Waals surface area contributed by atoms with Crippen molar-refractivity contribution in [1.82, 2.24) is 4.90 Å². The summed E-state index contributed by atoms with van der Waals surface area (Å²) in [6.07, 6.45) is 7.01. The van der Waals surface area contributed by atoms with E-state index in [0.29, 0.717) is 0 Å². The molecule has 1 amide bonds. The van der Waals surface area contributed by atoms with Crippen LogP contribution >= 0.6 is 0 Å². The lowest BCUT2D eigenvalue weighted by Crippen LogP contribution is -2.40. The molecule has 0 bridgehead atoms. The third kappa shape index (κ3) is 7.56. The first kappa shape index (κ1) is 22.3. The van der Waals surface area contributed by atoms with Crippen molar-refractivity contribution in [2.75, 3.05) is 6.54 Å². The molecule has 0 radical (unpaired) electrons. The lowest BCUT2D eigenvalue weighted by Gasteiger charge is -2.29. The monoisotopic (exact) mass is 383 g/mol. The Hall–Kier alpha value is -1.99. The van der Waals surface area contributed by atoms with Crippen LogP contribution < -0.4 is 0 Å². The number of nitrogens with zero attached hydrogens (tertiary/aromatic N) is 1. The van der Waals surface area contributed by atoms with Gasteiger partial charge in [-0.1, -0.05) is 51.1 Å². The molecule has 1 aromatic rings. The molecule has 1 atom stereocenters. The number of hydrogen-bond acceptors (Lipinski definition) is 2. The van der Waals surface area contributed by atoms with Crippen molar-refractivity contribution in [1.29, 1.82) is 0 Å². The van der Waals surface area contributed by atoms with Crippen LogP contribution in [-0.4, -0.2) is 29.2 Å². The van der Waals surface area contributed by atoms with Gasteiger partial charge in [0.25, 0.3) is 0 Å². The van der Waals surface area contributed by atoms with Gasteiger partial charge in [0.2, 0.25) is 0 Å². The van der Waals surface area contributed by atoms with Crippen LogP contribution in [0.1, 0.15) is 72.8 Å². The first-order chi connectivity index (χ1) is 13.1. The quantitative estimate of drug-likeness (QED) is 0.541. The summed E-state index contributed by atoms with van der Waals surface area (Å²) >= 11 is 0. The molecule has 1 saturated heterocycles. The number of amides is 1. The molecule has 1 heterocycles. The molecule has 0 aliphatic carbocycles. The van der Waals surface area contributed by atoms with Gasteiger partial charge in [-0.05, 0) is 75.5 Å². The molecule has 154 valence electrons. The number of likely N-dealkylation sites (tertiary alicyclic amines) is 1. The minimum atomic E-state index is -0.470. The maximum atomic E-state index is 12.7. The molecule has 1 aliphatic rings. The molecule has 0 spiro atoms. The molecule has 1 unspecified atom stereocenters. The SMILES string of the molecule is CC(C)(C)C=C=C(CCCc1ccccc1)C1CCCN1C(=O)OC(C)(C)C. The second kappa shape index (κ2) is 9.47. The minimum Gasteiger partial charge on any atom is -0.444 e. The summed E-state index contributed by atoms with van der Waals surface area (Å²) in [6.45, 7) is 13.1. The highest BCUT2D eigenvalue weighted by Gasteiger charge is 2.34. The van der Waals surface area contributed by atoms with E-state index in [-0.39, 0.29) is 17.6 Å². The first-order valence-corrected chi connectivity index (χ1v) is 10.6. The lowest BCUT2D eigenvalue weighted by atomic mass is 9.93. The maximum absolute atomic E-state index is 12.7. The predicted molar refractivity (Wildman–Crippen MR) is 116 cm³/mol. The van der Waals surface area contributed by atoms with Crippen molar-refractivity contribution >= 4 is 6.09 Å². The summed E-state index contributed by atoms with van der Waals surface area (Å²) in [6, 6.07) is 10.7. The van der Waals surface area contributed by atoms with Crippen molar-refractivity contribution in [2.45, 2.75) is 85.3 Å². The average molecular weight is 384 g/mol. The van der Waals surface area contributed by atoms with E-state index >= 15 is 0 Å². The summed E-state index contributed by atoms with van der Waals surface area (Å²) in [4.78, 5) is 14.6. The number of ether oxygens (including phenoxy) is 1. The van der Waals surface area contributed by atoms with E-state index in [1.54, 1.807) is 0 Å². The second-order valence-electron chi connectivity index (χ2n) is 9.85. The fourth-order valence-electron chi connectivity index (χ4n) is 3.44. The molecular formula is C25H37NO2. The van der Waals surface area contributed by atoms with Gasteiger partial charge in [0.15, 0.2) is 0 Å². The van der Waals surface area contributed by atoms with E-state index < -0.39 is 5.60 Å². The molecule has 2 rings (SSSR count). The number of benzene rings is 1. The van der Waals surface area contributed by atoms with Crippen molar-refractivity contribution < 1.29 is 9.53 Å². The molecule has 1 aromatic carbocycles. The van der Waals surface area contributed by atoms with E-state index in [0.717, 1.165) is 38.6 Å². The Morgan fingerprint density at radius 2 is 1.86 bits per heavy atom. The summed E-state index contributed by atoms with van der Waals surface area (Å²) < 4.78 is 5.66. The van der Waals surface area contributed by atoms with Crippen molar-refractivity contribution in [2.24, 2.45) is 5.41 Å². The number of carbonyl (C=O) groups excluding carboxylic acids is 1. The largest absolute Gasteiger partial charge is 0.444 e. The Labute approximate surface area is 171 Å². The van der Waals surface area contributed by atoms with Gasteiger partial charge in [-0.2, -0.15) is 0 Å². The fraction of sp³-hybridized carbons (Fsp3) is 0.600. The van der Waals surface area contributed by atoms with E-state index in [4.69, 9.17) is 4.74 Å². The molecule has 0 aromatic heterocycles. The summed E-state index contributed by atoms with van der Waals surface area (Å²) in [5.74, 6) is 0. The Bertz CT molecular complexity index is 700. The normalized spacial score (nSPS) is 17.2. The van der Waals surface area contributed by atoms with Crippen LogP contribution in [0.15, 0.2) is 47.7 Å². The molecule has 3 nitrogen and oxygen atoms in total. The number of hydrogen-bond donors (Lipinski definition) is 0. The standard InChI is InChI=1S/C25H37NO2/c1-24(2,3)18-17-21(15-10-14-20-12-8-7-9-13-20)22-16-11-19-26(22)23(27)28-25(4,5)6/h7-9,12-13,18,22H,10-11,14-16,19H2,1-6H3. The zero-order valence-electron chi connectivity index (χ0n) is 18.5. The topological polar surface area (TPSA) is 29.5 Å². The third-order valence-corrected chi connectivity index (χ3v) is 4.73. The van der Waals surface area contributed by atoms with Gasteiger partial charge < -0.3 is 9.64 Å². The number of aryl methyl sites for hydroxylation is 1. The molecule has 1 fully saturated rings. The number of carbonyl (C=O) groups is 1. The van der Waals surface area contributed by atoms with E-state index in [2.05, 4.69) is 62.9 Å². The third-order valence-electron chi connectivity index (χ3n) is 4.73. The summed E-state index contributed by atoms with van der Waals surface area (Å²) in [5.41, 5.74) is 5.77. The van der Waals surface area contributed by atoms with Gasteiger partial charge in [-0.15, -0.1) is 5.73 Å². The fourth-order valence-corrected chi connectivity index (χ4v) is 3.44. The number of rotatable bonds is 5. The predicted octanol–water partition coefficient (Wildman–Crippen LogP) is 6.54. The molecule has 1 aliphatic heterocycles. The highest BCUT2D eigenvalue weighted by Crippen LogP contribution is 2.29. The van der Waals surface area contributed by atoms with Crippen LogP contribution in [0.5, 0.6) is 0 Å². The lowest BCUT2D eigenvalue weighted by molar-refractivity contribution is 0.0247. The van der Waals surface area contributed by atoms with Crippen LogP contribution in [0.2, 0.25) is 0 Å². The molecule has 28 heavy (non-hydrogen) atoms. The van der Waals surface area contributed by atoms with Gasteiger partial charge in [0.1, 0.15) is 5.60 Å². The molecule has 3 heteroatoms. The summed E-state index contributed by atoms with van der Waals surface area (Å²) in [7, 11) is 0. The Kier molecular flexibility index (Phi) is 7.55. The van der Waals surface area contributed by atoms with Gasteiger partial charge >= 0.3 is 6.09 Å². The van der Waals surface area contributed by atoms with Crippen molar-refractivity contribution in [3.05, 3.63) is 53.3 Å². The average Bonchev–Trinajstić information content (AvgIpc) is 3.06. The van der Waals surface area contributed by atoms with Gasteiger partial charge in [0, 0.05) is 6.54 Å². The van der Waals surface area contributed by atoms with Crippen LogP contribution in [0, 0.1) is 5.41 Å². The highest BCUT2D eigenvalue weighted by molar-refractivity contribution is 5.69. The van der Waals surface area contributed by atoms with Gasteiger partial charge in [0.05, 0.1) is 6.04 Å². The van der Waals surface area contributed by atoms with E-state index in [9.17, 15) is 4.79 Å². The first-order valence-electron chi connectivity index (χ1n) is 10.6.